The maximum absolute atomic E-state index is 12.5. The maximum Gasteiger partial charge on any atom is 0.573 e. The van der Waals surface area contributed by atoms with Crippen molar-refractivity contribution in [2.24, 2.45) is 0 Å². The van der Waals surface area contributed by atoms with E-state index in [1.54, 1.807) is 17.0 Å². The van der Waals surface area contributed by atoms with E-state index in [2.05, 4.69) is 9.64 Å². The Hall–Kier alpha value is -1.80. The number of benzene rings is 1. The van der Waals surface area contributed by atoms with Gasteiger partial charge >= 0.3 is 6.36 Å². The Morgan fingerprint density at radius 3 is 2.58 bits per heavy atom. The van der Waals surface area contributed by atoms with Crippen LogP contribution in [0.5, 0.6) is 5.75 Å². The third-order valence-corrected chi connectivity index (χ3v) is 4.90. The largest absolute Gasteiger partial charge is 0.573 e. The minimum atomic E-state index is -4.74. The summed E-state index contributed by atoms with van der Waals surface area (Å²) in [6.07, 6.45) is -3.31. The smallest absolute Gasteiger partial charge is 0.406 e. The molecular formula is C18H23F3N2O3. The summed E-state index contributed by atoms with van der Waals surface area (Å²) in [5.41, 5.74) is 0.389. The van der Waals surface area contributed by atoms with Crippen LogP contribution in [0.2, 0.25) is 0 Å². The molecule has 5 nitrogen and oxygen atoms in total. The Morgan fingerprint density at radius 1 is 1.19 bits per heavy atom. The number of carbonyl (C=O) groups is 1. The van der Waals surface area contributed by atoms with Crippen LogP contribution >= 0.6 is 0 Å². The molecule has 2 saturated heterocycles. The fourth-order valence-electron chi connectivity index (χ4n) is 3.48. The van der Waals surface area contributed by atoms with Crippen LogP contribution in [0.25, 0.3) is 0 Å². The van der Waals surface area contributed by atoms with Gasteiger partial charge in [0, 0.05) is 45.2 Å². The Bertz CT molecular complexity index is 610. The van der Waals surface area contributed by atoms with Crippen molar-refractivity contribution in [1.82, 2.24) is 9.80 Å². The Kier molecular flexibility index (Phi) is 6.03. The average molecular weight is 372 g/mol. The highest BCUT2D eigenvalue weighted by molar-refractivity contribution is 5.76. The van der Waals surface area contributed by atoms with E-state index in [1.165, 1.54) is 12.1 Å². The zero-order chi connectivity index (χ0) is 18.6. The number of para-hydroxylation sites is 1. The normalized spacial score (nSPS) is 21.8. The highest BCUT2D eigenvalue weighted by atomic mass is 19.4. The quantitative estimate of drug-likeness (QED) is 0.796. The summed E-state index contributed by atoms with van der Waals surface area (Å²) < 4.78 is 46.8. The van der Waals surface area contributed by atoms with Crippen LogP contribution in [0.3, 0.4) is 0 Å². The molecule has 2 heterocycles. The van der Waals surface area contributed by atoms with E-state index in [0.717, 1.165) is 32.7 Å². The van der Waals surface area contributed by atoms with Crippen LogP contribution in [0.1, 0.15) is 18.4 Å². The Labute approximate surface area is 150 Å². The van der Waals surface area contributed by atoms with E-state index in [4.69, 9.17) is 4.74 Å². The van der Waals surface area contributed by atoms with Crippen molar-refractivity contribution in [2.45, 2.75) is 31.7 Å². The molecule has 0 unspecified atom stereocenters. The van der Waals surface area contributed by atoms with Crippen LogP contribution < -0.4 is 4.74 Å². The summed E-state index contributed by atoms with van der Waals surface area (Å²) in [5.74, 6) is -0.270. The molecule has 0 spiro atoms. The van der Waals surface area contributed by atoms with Crippen LogP contribution in [-0.4, -0.2) is 67.5 Å². The number of alkyl halides is 3. The van der Waals surface area contributed by atoms with Crippen molar-refractivity contribution >= 4 is 5.91 Å². The van der Waals surface area contributed by atoms with Gasteiger partial charge in [0.25, 0.3) is 0 Å². The van der Waals surface area contributed by atoms with Gasteiger partial charge in [-0.3, -0.25) is 9.69 Å². The highest BCUT2D eigenvalue weighted by Gasteiger charge is 2.32. The van der Waals surface area contributed by atoms with Crippen molar-refractivity contribution in [2.75, 3.05) is 39.4 Å². The first-order chi connectivity index (χ1) is 12.4. The standard InChI is InChI=1S/C18H23F3N2O3/c19-18(20,21)26-16-4-2-1-3-14(16)5-6-17(24)23-10-8-22(9-11-23)15-7-12-25-13-15/h1-4,15H,5-13H2/t15-/m1/s1. The summed E-state index contributed by atoms with van der Waals surface area (Å²) >= 11 is 0. The molecule has 1 amide bonds. The van der Waals surface area contributed by atoms with E-state index in [0.29, 0.717) is 24.7 Å². The van der Waals surface area contributed by atoms with E-state index >= 15 is 0 Å². The topological polar surface area (TPSA) is 42.0 Å². The molecule has 0 aromatic heterocycles. The molecule has 0 saturated carbocycles. The van der Waals surface area contributed by atoms with Crippen molar-refractivity contribution in [1.29, 1.82) is 0 Å². The number of carbonyl (C=O) groups excluding carboxylic acids is 1. The van der Waals surface area contributed by atoms with Gasteiger partial charge in [-0.25, -0.2) is 0 Å². The molecule has 0 radical (unpaired) electrons. The molecule has 26 heavy (non-hydrogen) atoms. The fraction of sp³-hybridized carbons (Fsp3) is 0.611. The second-order valence-electron chi connectivity index (χ2n) is 6.59. The van der Waals surface area contributed by atoms with Gasteiger partial charge < -0.3 is 14.4 Å². The number of halogens is 3. The van der Waals surface area contributed by atoms with Crippen LogP contribution in [0, 0.1) is 0 Å². The Balaban J connectivity index is 1.49. The molecule has 144 valence electrons. The molecule has 8 heteroatoms. The lowest BCUT2D eigenvalue weighted by Crippen LogP contribution is -2.52. The molecule has 2 aliphatic rings. The van der Waals surface area contributed by atoms with Gasteiger partial charge in [0.05, 0.1) is 6.61 Å². The van der Waals surface area contributed by atoms with Gasteiger partial charge in [-0.2, -0.15) is 0 Å². The van der Waals surface area contributed by atoms with Gasteiger partial charge in [0.1, 0.15) is 5.75 Å². The molecule has 0 aliphatic carbocycles. The van der Waals surface area contributed by atoms with Crippen molar-refractivity contribution in [3.8, 4) is 5.75 Å². The average Bonchev–Trinajstić information content (AvgIpc) is 3.14. The predicted octanol–water partition coefficient (Wildman–Crippen LogP) is 2.45. The summed E-state index contributed by atoms with van der Waals surface area (Å²) in [6.45, 7) is 4.47. The number of nitrogens with zero attached hydrogens (tertiary/aromatic N) is 2. The zero-order valence-electron chi connectivity index (χ0n) is 14.5. The fourth-order valence-corrected chi connectivity index (χ4v) is 3.48. The lowest BCUT2D eigenvalue weighted by Gasteiger charge is -2.37. The number of amides is 1. The molecule has 1 atom stereocenters. The van der Waals surface area contributed by atoms with Crippen molar-refractivity contribution < 1.29 is 27.4 Å². The number of hydrogen-bond donors (Lipinski definition) is 0. The summed E-state index contributed by atoms with van der Waals surface area (Å²) in [7, 11) is 0. The number of aryl methyl sites for hydroxylation is 1. The lowest BCUT2D eigenvalue weighted by molar-refractivity contribution is -0.274. The maximum atomic E-state index is 12.5. The van der Waals surface area contributed by atoms with E-state index in [-0.39, 0.29) is 24.5 Å². The molecule has 1 aromatic rings. The van der Waals surface area contributed by atoms with Gasteiger partial charge in [-0.05, 0) is 24.5 Å². The SMILES string of the molecule is O=C(CCc1ccccc1OC(F)(F)F)N1CCN([C@@H]2CCOC2)CC1. The second kappa shape index (κ2) is 8.26. The van der Waals surface area contributed by atoms with Crippen LogP contribution in [0.4, 0.5) is 13.2 Å². The number of piperazine rings is 1. The first-order valence-corrected chi connectivity index (χ1v) is 8.85. The van der Waals surface area contributed by atoms with Crippen LogP contribution in [0.15, 0.2) is 24.3 Å². The number of rotatable bonds is 5. The molecule has 0 N–H and O–H groups in total. The highest BCUT2D eigenvalue weighted by Crippen LogP contribution is 2.27. The van der Waals surface area contributed by atoms with Gasteiger partial charge in [0.15, 0.2) is 0 Å². The third-order valence-electron chi connectivity index (χ3n) is 4.90. The molecule has 2 aliphatic heterocycles. The molecule has 1 aromatic carbocycles. The first-order valence-electron chi connectivity index (χ1n) is 8.85. The Morgan fingerprint density at radius 2 is 1.92 bits per heavy atom. The number of hydrogen-bond acceptors (Lipinski definition) is 4. The van der Waals surface area contributed by atoms with E-state index in [1.807, 2.05) is 0 Å². The van der Waals surface area contributed by atoms with E-state index < -0.39 is 6.36 Å². The van der Waals surface area contributed by atoms with Gasteiger partial charge in [-0.15, -0.1) is 13.2 Å². The van der Waals surface area contributed by atoms with Gasteiger partial charge in [-0.1, -0.05) is 18.2 Å². The zero-order valence-corrected chi connectivity index (χ0v) is 14.5. The first kappa shape index (κ1) is 19.0. The summed E-state index contributed by atoms with van der Waals surface area (Å²) in [5, 5.41) is 0. The lowest BCUT2D eigenvalue weighted by atomic mass is 10.1. The monoisotopic (exact) mass is 372 g/mol. The summed E-state index contributed by atoms with van der Waals surface area (Å²) in [6, 6.07) is 6.41. The minimum Gasteiger partial charge on any atom is -0.406 e. The van der Waals surface area contributed by atoms with Crippen molar-refractivity contribution in [3.63, 3.8) is 0 Å². The molecule has 2 fully saturated rings. The van der Waals surface area contributed by atoms with Crippen molar-refractivity contribution in [3.05, 3.63) is 29.8 Å². The predicted molar refractivity (Wildman–Crippen MR) is 88.8 cm³/mol. The molecule has 0 bridgehead atoms. The molecule has 3 rings (SSSR count). The summed E-state index contributed by atoms with van der Waals surface area (Å²) in [4.78, 5) is 16.6. The minimum absolute atomic E-state index is 0.0332. The van der Waals surface area contributed by atoms with Gasteiger partial charge in [0.2, 0.25) is 5.91 Å². The van der Waals surface area contributed by atoms with E-state index in [9.17, 15) is 18.0 Å². The molecular weight excluding hydrogens is 349 g/mol. The third kappa shape index (κ3) is 5.11. The van der Waals surface area contributed by atoms with Crippen LogP contribution in [-0.2, 0) is 16.0 Å². The second-order valence-corrected chi connectivity index (χ2v) is 6.59. The number of ether oxygens (including phenoxy) is 2.